The second kappa shape index (κ2) is 7.05. The molecule has 1 N–H and O–H groups in total. The second-order valence-corrected chi connectivity index (χ2v) is 8.36. The van der Waals surface area contributed by atoms with Gasteiger partial charge >= 0.3 is 6.18 Å². The van der Waals surface area contributed by atoms with Crippen molar-refractivity contribution in [2.75, 3.05) is 21.9 Å². The van der Waals surface area contributed by atoms with Gasteiger partial charge in [-0.15, -0.1) is 0 Å². The zero-order valence-corrected chi connectivity index (χ0v) is 15.3. The molecule has 0 aliphatic carbocycles. The average molecular weight is 419 g/mol. The van der Waals surface area contributed by atoms with E-state index in [4.69, 9.17) is 11.6 Å². The Morgan fingerprint density at radius 1 is 1.15 bits per heavy atom. The van der Waals surface area contributed by atoms with Gasteiger partial charge in [0.2, 0.25) is 10.0 Å². The highest BCUT2D eigenvalue weighted by Crippen LogP contribution is 2.32. The van der Waals surface area contributed by atoms with E-state index in [9.17, 15) is 26.4 Å². The fraction of sp³-hybridized carbons (Fsp3) is 0.235. The lowest BCUT2D eigenvalue weighted by molar-refractivity contribution is -0.137. The van der Waals surface area contributed by atoms with Crippen LogP contribution in [-0.2, 0) is 16.2 Å². The lowest BCUT2D eigenvalue weighted by atomic mass is 10.1. The maximum Gasteiger partial charge on any atom is 0.416 e. The quantitative estimate of drug-likeness (QED) is 0.814. The van der Waals surface area contributed by atoms with Gasteiger partial charge in [0.25, 0.3) is 5.91 Å². The third-order valence-corrected chi connectivity index (χ3v) is 6.22. The van der Waals surface area contributed by atoms with Crippen molar-refractivity contribution in [1.29, 1.82) is 0 Å². The Morgan fingerprint density at radius 2 is 1.89 bits per heavy atom. The number of alkyl halides is 3. The van der Waals surface area contributed by atoms with Crippen LogP contribution in [0.15, 0.2) is 42.5 Å². The van der Waals surface area contributed by atoms with Gasteiger partial charge in [0.1, 0.15) is 0 Å². The van der Waals surface area contributed by atoms with Crippen LogP contribution in [-0.4, -0.2) is 26.6 Å². The molecule has 1 heterocycles. The largest absolute Gasteiger partial charge is 0.416 e. The van der Waals surface area contributed by atoms with Crippen LogP contribution in [0.25, 0.3) is 0 Å². The summed E-state index contributed by atoms with van der Waals surface area (Å²) in [6.07, 6.45) is -4.05. The number of amides is 1. The molecule has 3 rings (SSSR count). The first-order valence-corrected chi connectivity index (χ1v) is 9.85. The summed E-state index contributed by atoms with van der Waals surface area (Å²) in [5, 5.41) is 2.52. The maximum absolute atomic E-state index is 12.8. The Labute approximate surface area is 158 Å². The minimum absolute atomic E-state index is 0.0542. The number of carbonyl (C=O) groups excluding carboxylic acids is 1. The predicted octanol–water partition coefficient (Wildman–Crippen LogP) is 4.15. The Morgan fingerprint density at radius 3 is 2.48 bits per heavy atom. The second-order valence-electron chi connectivity index (χ2n) is 5.94. The van der Waals surface area contributed by atoms with Gasteiger partial charge in [-0.25, -0.2) is 8.42 Å². The van der Waals surface area contributed by atoms with E-state index in [-0.39, 0.29) is 22.0 Å². The summed E-state index contributed by atoms with van der Waals surface area (Å²) in [5.74, 6) is -0.705. The number of carbonyl (C=O) groups is 1. The molecule has 0 unspecified atom stereocenters. The highest BCUT2D eigenvalue weighted by molar-refractivity contribution is 7.93. The first kappa shape index (κ1) is 19.5. The third kappa shape index (κ3) is 4.19. The Hall–Kier alpha value is -2.26. The number of benzene rings is 2. The summed E-state index contributed by atoms with van der Waals surface area (Å²) in [4.78, 5) is 12.2. The zero-order valence-electron chi connectivity index (χ0n) is 13.8. The summed E-state index contributed by atoms with van der Waals surface area (Å²) >= 11 is 6.12. The molecule has 0 saturated carbocycles. The van der Waals surface area contributed by atoms with E-state index >= 15 is 0 Å². The molecule has 1 aliphatic heterocycles. The first-order chi connectivity index (χ1) is 12.6. The number of rotatable bonds is 3. The molecule has 1 aliphatic rings. The molecule has 1 amide bonds. The summed E-state index contributed by atoms with van der Waals surface area (Å²) in [6, 6.07) is 8.30. The molecule has 0 atom stereocenters. The highest BCUT2D eigenvalue weighted by atomic mass is 35.5. The van der Waals surface area contributed by atoms with Gasteiger partial charge in [0.05, 0.1) is 27.7 Å². The summed E-state index contributed by atoms with van der Waals surface area (Å²) in [6.45, 7) is 0.342. The molecule has 0 spiro atoms. The van der Waals surface area contributed by atoms with Crippen molar-refractivity contribution >= 4 is 38.9 Å². The number of hydrogen-bond donors (Lipinski definition) is 1. The van der Waals surface area contributed by atoms with Gasteiger partial charge in [0, 0.05) is 12.1 Å². The SMILES string of the molecule is O=C(Nc1ccc(N2CCCS2(=O)=O)cc1Cl)c1cccc(C(F)(F)F)c1. The van der Waals surface area contributed by atoms with E-state index in [1.807, 2.05) is 0 Å². The molecular weight excluding hydrogens is 405 g/mol. The molecule has 2 aromatic rings. The lowest BCUT2D eigenvalue weighted by Gasteiger charge is -2.18. The van der Waals surface area contributed by atoms with Crippen LogP contribution in [0.3, 0.4) is 0 Å². The summed E-state index contributed by atoms with van der Waals surface area (Å²) in [7, 11) is -3.37. The molecular formula is C17H14ClF3N2O3S. The van der Waals surface area contributed by atoms with Crippen LogP contribution in [0.1, 0.15) is 22.3 Å². The van der Waals surface area contributed by atoms with Crippen molar-refractivity contribution < 1.29 is 26.4 Å². The van der Waals surface area contributed by atoms with E-state index in [1.165, 1.54) is 28.6 Å². The number of halogens is 4. The fourth-order valence-corrected chi connectivity index (χ4v) is 4.50. The van der Waals surface area contributed by atoms with Crippen molar-refractivity contribution in [1.82, 2.24) is 0 Å². The number of sulfonamides is 1. The van der Waals surface area contributed by atoms with E-state index in [0.717, 1.165) is 18.2 Å². The minimum Gasteiger partial charge on any atom is -0.321 e. The van der Waals surface area contributed by atoms with Gasteiger partial charge in [-0.05, 0) is 42.8 Å². The molecule has 0 radical (unpaired) electrons. The summed E-state index contributed by atoms with van der Waals surface area (Å²) < 4.78 is 63.5. The standard InChI is InChI=1S/C17H14ClF3N2O3S/c18-14-10-13(23-7-2-8-27(23,25)26)5-6-15(14)22-16(24)11-3-1-4-12(9-11)17(19,20)21/h1,3-6,9-10H,2,7-8H2,(H,22,24). The first-order valence-electron chi connectivity index (χ1n) is 7.86. The smallest absolute Gasteiger partial charge is 0.321 e. The molecule has 27 heavy (non-hydrogen) atoms. The lowest BCUT2D eigenvalue weighted by Crippen LogP contribution is -2.25. The Bertz CT molecular complexity index is 993. The number of anilines is 2. The summed E-state index contributed by atoms with van der Waals surface area (Å²) in [5.41, 5.74) is -0.572. The topological polar surface area (TPSA) is 66.5 Å². The average Bonchev–Trinajstić information content (AvgIpc) is 2.95. The van der Waals surface area contributed by atoms with Crippen LogP contribution >= 0.6 is 11.6 Å². The molecule has 1 fully saturated rings. The normalized spacial score (nSPS) is 16.4. The Balaban J connectivity index is 1.81. The molecule has 10 heteroatoms. The zero-order chi connectivity index (χ0) is 19.8. The van der Waals surface area contributed by atoms with Crippen molar-refractivity contribution in [3.8, 4) is 0 Å². The molecule has 5 nitrogen and oxygen atoms in total. The van der Waals surface area contributed by atoms with Crippen LogP contribution in [0.4, 0.5) is 24.5 Å². The third-order valence-electron chi connectivity index (χ3n) is 4.04. The van der Waals surface area contributed by atoms with Gasteiger partial charge < -0.3 is 5.32 Å². The number of nitrogens with zero attached hydrogens (tertiary/aromatic N) is 1. The molecule has 144 valence electrons. The van der Waals surface area contributed by atoms with Crippen LogP contribution in [0, 0.1) is 0 Å². The number of hydrogen-bond acceptors (Lipinski definition) is 3. The van der Waals surface area contributed by atoms with E-state index in [1.54, 1.807) is 0 Å². The van der Waals surface area contributed by atoms with Gasteiger partial charge in [-0.1, -0.05) is 17.7 Å². The van der Waals surface area contributed by atoms with Crippen molar-refractivity contribution in [2.24, 2.45) is 0 Å². The van der Waals surface area contributed by atoms with Gasteiger partial charge in [-0.2, -0.15) is 13.2 Å². The van der Waals surface area contributed by atoms with Crippen LogP contribution < -0.4 is 9.62 Å². The molecule has 0 bridgehead atoms. The predicted molar refractivity (Wildman–Crippen MR) is 96.6 cm³/mol. The van der Waals surface area contributed by atoms with E-state index < -0.39 is 27.7 Å². The van der Waals surface area contributed by atoms with Gasteiger partial charge in [-0.3, -0.25) is 9.10 Å². The van der Waals surface area contributed by atoms with Crippen LogP contribution in [0.2, 0.25) is 5.02 Å². The van der Waals surface area contributed by atoms with Crippen LogP contribution in [0.5, 0.6) is 0 Å². The van der Waals surface area contributed by atoms with E-state index in [0.29, 0.717) is 18.7 Å². The molecule has 2 aromatic carbocycles. The van der Waals surface area contributed by atoms with Gasteiger partial charge in [0.15, 0.2) is 0 Å². The minimum atomic E-state index is -4.56. The molecule has 0 aromatic heterocycles. The van der Waals surface area contributed by atoms with E-state index in [2.05, 4.69) is 5.32 Å². The molecule has 1 saturated heterocycles. The van der Waals surface area contributed by atoms with Crippen molar-refractivity contribution in [2.45, 2.75) is 12.6 Å². The number of nitrogens with one attached hydrogen (secondary N) is 1. The highest BCUT2D eigenvalue weighted by Gasteiger charge is 2.31. The van der Waals surface area contributed by atoms with Crippen molar-refractivity contribution in [3.63, 3.8) is 0 Å². The Kier molecular flexibility index (Phi) is 5.09. The maximum atomic E-state index is 12.8. The van der Waals surface area contributed by atoms with Crippen molar-refractivity contribution in [3.05, 3.63) is 58.6 Å². The fourth-order valence-electron chi connectivity index (χ4n) is 2.72. The monoisotopic (exact) mass is 418 g/mol.